The van der Waals surface area contributed by atoms with Crippen molar-refractivity contribution in [2.45, 2.75) is 31.6 Å². The minimum Gasteiger partial charge on any atom is -0.359 e. The summed E-state index contributed by atoms with van der Waals surface area (Å²) in [7, 11) is 0. The molecule has 0 bridgehead atoms. The molecule has 1 fully saturated rings. The third-order valence-corrected chi connectivity index (χ3v) is 4.41. The molecule has 0 spiro atoms. The molecule has 1 aromatic heterocycles. The lowest BCUT2D eigenvalue weighted by Gasteiger charge is -2.07. The van der Waals surface area contributed by atoms with Gasteiger partial charge in [0.1, 0.15) is 5.82 Å². The summed E-state index contributed by atoms with van der Waals surface area (Å²) >= 11 is 1.90. The molecule has 2 aliphatic rings. The van der Waals surface area contributed by atoms with Gasteiger partial charge in [0.2, 0.25) is 0 Å². The van der Waals surface area contributed by atoms with Gasteiger partial charge in [0.15, 0.2) is 5.17 Å². The Morgan fingerprint density at radius 2 is 2.35 bits per heavy atom. The molecule has 5 heteroatoms. The molecule has 90 valence electrons. The predicted octanol–water partition coefficient (Wildman–Crippen LogP) is 1.76. The van der Waals surface area contributed by atoms with E-state index in [2.05, 4.69) is 20.3 Å². The van der Waals surface area contributed by atoms with Crippen molar-refractivity contribution < 1.29 is 0 Å². The number of hydrogen-bond donors (Lipinski definition) is 1. The molecule has 2 heterocycles. The van der Waals surface area contributed by atoms with Gasteiger partial charge in [0.05, 0.1) is 18.8 Å². The van der Waals surface area contributed by atoms with E-state index < -0.39 is 0 Å². The molecule has 1 atom stereocenters. The van der Waals surface area contributed by atoms with Crippen LogP contribution in [0.4, 0.5) is 0 Å². The molecule has 1 aliphatic heterocycles. The molecule has 1 aliphatic carbocycles. The van der Waals surface area contributed by atoms with Crippen molar-refractivity contribution in [3.63, 3.8) is 0 Å². The highest BCUT2D eigenvalue weighted by molar-refractivity contribution is 8.14. The fourth-order valence-electron chi connectivity index (χ4n) is 1.97. The first-order chi connectivity index (χ1) is 8.31. The number of thioether (sulfide) groups is 1. The Morgan fingerprint density at radius 1 is 1.47 bits per heavy atom. The Balaban J connectivity index is 1.51. The van der Waals surface area contributed by atoms with Crippen molar-refractivity contribution in [2.75, 3.05) is 6.54 Å². The van der Waals surface area contributed by atoms with Gasteiger partial charge >= 0.3 is 0 Å². The second-order valence-corrected chi connectivity index (χ2v) is 5.82. The fraction of sp³-hybridized carbons (Fsp3) is 0.583. The quantitative estimate of drug-likeness (QED) is 0.885. The maximum absolute atomic E-state index is 4.54. The SMILES string of the molecule is Cc1nccc(CNC2=NCC(C3CC3)S2)n1. The summed E-state index contributed by atoms with van der Waals surface area (Å²) in [6.45, 7) is 3.64. The van der Waals surface area contributed by atoms with E-state index in [-0.39, 0.29) is 0 Å². The van der Waals surface area contributed by atoms with E-state index in [1.54, 1.807) is 6.20 Å². The van der Waals surface area contributed by atoms with Crippen LogP contribution in [0, 0.1) is 12.8 Å². The first-order valence-corrected chi connectivity index (χ1v) is 6.93. The van der Waals surface area contributed by atoms with E-state index in [0.29, 0.717) is 0 Å². The molecule has 0 amide bonds. The van der Waals surface area contributed by atoms with Crippen LogP contribution in [0.25, 0.3) is 0 Å². The Bertz CT molecular complexity index is 442. The normalized spacial score (nSPS) is 23.6. The number of aryl methyl sites for hydroxylation is 1. The summed E-state index contributed by atoms with van der Waals surface area (Å²) in [5.41, 5.74) is 1.02. The van der Waals surface area contributed by atoms with Crippen LogP contribution in [-0.2, 0) is 6.54 Å². The highest BCUT2D eigenvalue weighted by Crippen LogP contribution is 2.41. The average molecular weight is 248 g/mol. The zero-order chi connectivity index (χ0) is 11.7. The van der Waals surface area contributed by atoms with Gasteiger partial charge in [-0.2, -0.15) is 0 Å². The molecule has 0 radical (unpaired) electrons. The zero-order valence-electron chi connectivity index (χ0n) is 9.89. The Hall–Kier alpha value is -1.10. The number of rotatable bonds is 3. The summed E-state index contributed by atoms with van der Waals surface area (Å²) < 4.78 is 0. The van der Waals surface area contributed by atoms with E-state index in [9.17, 15) is 0 Å². The van der Waals surface area contributed by atoms with Gasteiger partial charge in [-0.25, -0.2) is 9.97 Å². The molecule has 0 aromatic carbocycles. The first kappa shape index (κ1) is 11.0. The van der Waals surface area contributed by atoms with Gasteiger partial charge in [-0.3, -0.25) is 4.99 Å². The molecule has 4 nitrogen and oxygen atoms in total. The van der Waals surface area contributed by atoms with Crippen LogP contribution in [0.3, 0.4) is 0 Å². The van der Waals surface area contributed by atoms with Crippen molar-refractivity contribution in [2.24, 2.45) is 10.9 Å². The predicted molar refractivity (Wildman–Crippen MR) is 70.0 cm³/mol. The highest BCUT2D eigenvalue weighted by Gasteiger charge is 2.35. The molecule has 1 aromatic rings. The lowest BCUT2D eigenvalue weighted by Crippen LogP contribution is -2.20. The topological polar surface area (TPSA) is 50.2 Å². The number of aliphatic imine (C=N–C) groups is 1. The smallest absolute Gasteiger partial charge is 0.157 e. The number of aromatic nitrogens is 2. The molecule has 1 N–H and O–H groups in total. The van der Waals surface area contributed by atoms with E-state index in [4.69, 9.17) is 0 Å². The molecule has 1 unspecified atom stereocenters. The second kappa shape index (κ2) is 4.64. The van der Waals surface area contributed by atoms with Gasteiger partial charge < -0.3 is 5.32 Å². The van der Waals surface area contributed by atoms with E-state index in [0.717, 1.165) is 40.9 Å². The van der Waals surface area contributed by atoms with Gasteiger partial charge in [0, 0.05) is 11.4 Å². The van der Waals surface area contributed by atoms with Crippen molar-refractivity contribution in [1.82, 2.24) is 15.3 Å². The number of amidine groups is 1. The minimum absolute atomic E-state index is 0.727. The van der Waals surface area contributed by atoms with Crippen molar-refractivity contribution in [1.29, 1.82) is 0 Å². The van der Waals surface area contributed by atoms with Crippen LogP contribution < -0.4 is 5.32 Å². The molecule has 3 rings (SSSR count). The second-order valence-electron chi connectivity index (χ2n) is 4.59. The maximum atomic E-state index is 4.54. The summed E-state index contributed by atoms with van der Waals surface area (Å²) in [5, 5.41) is 5.17. The van der Waals surface area contributed by atoms with Crippen molar-refractivity contribution in [3.8, 4) is 0 Å². The molecular formula is C12H16N4S. The van der Waals surface area contributed by atoms with Gasteiger partial charge in [-0.05, 0) is 31.7 Å². The summed E-state index contributed by atoms with van der Waals surface area (Å²) in [6, 6.07) is 1.94. The maximum Gasteiger partial charge on any atom is 0.157 e. The van der Waals surface area contributed by atoms with Crippen LogP contribution in [-0.4, -0.2) is 26.9 Å². The summed E-state index contributed by atoms with van der Waals surface area (Å²) in [6.07, 6.45) is 4.59. The third-order valence-electron chi connectivity index (χ3n) is 3.08. The minimum atomic E-state index is 0.727. The van der Waals surface area contributed by atoms with Gasteiger partial charge in [-0.15, -0.1) is 0 Å². The van der Waals surface area contributed by atoms with Gasteiger partial charge in [-0.1, -0.05) is 11.8 Å². The van der Waals surface area contributed by atoms with E-state index in [1.165, 1.54) is 12.8 Å². The molecular weight excluding hydrogens is 232 g/mol. The average Bonchev–Trinajstić information content (AvgIpc) is 3.07. The summed E-state index contributed by atoms with van der Waals surface area (Å²) in [5.74, 6) is 1.74. The Morgan fingerprint density at radius 3 is 3.12 bits per heavy atom. The zero-order valence-corrected chi connectivity index (χ0v) is 10.7. The van der Waals surface area contributed by atoms with Crippen LogP contribution in [0.2, 0.25) is 0 Å². The largest absolute Gasteiger partial charge is 0.359 e. The van der Waals surface area contributed by atoms with Crippen LogP contribution >= 0.6 is 11.8 Å². The Kier molecular flexibility index (Phi) is 3.01. The monoisotopic (exact) mass is 248 g/mol. The van der Waals surface area contributed by atoms with Crippen LogP contribution in [0.1, 0.15) is 24.4 Å². The first-order valence-electron chi connectivity index (χ1n) is 6.05. The Labute approximate surface area is 105 Å². The van der Waals surface area contributed by atoms with E-state index in [1.807, 2.05) is 24.8 Å². The van der Waals surface area contributed by atoms with Crippen LogP contribution in [0.5, 0.6) is 0 Å². The van der Waals surface area contributed by atoms with E-state index >= 15 is 0 Å². The number of nitrogens with one attached hydrogen (secondary N) is 1. The highest BCUT2D eigenvalue weighted by atomic mass is 32.2. The lowest BCUT2D eigenvalue weighted by molar-refractivity contribution is 0.771. The third kappa shape index (κ3) is 2.77. The molecule has 17 heavy (non-hydrogen) atoms. The number of nitrogens with zero attached hydrogens (tertiary/aromatic N) is 3. The van der Waals surface area contributed by atoms with Crippen molar-refractivity contribution >= 4 is 16.9 Å². The fourth-order valence-corrected chi connectivity index (χ4v) is 3.18. The van der Waals surface area contributed by atoms with Gasteiger partial charge in [0.25, 0.3) is 0 Å². The molecule has 1 saturated carbocycles. The number of hydrogen-bond acceptors (Lipinski definition) is 5. The van der Waals surface area contributed by atoms with Crippen LogP contribution in [0.15, 0.2) is 17.3 Å². The van der Waals surface area contributed by atoms with Crippen molar-refractivity contribution in [3.05, 3.63) is 23.8 Å². The lowest BCUT2D eigenvalue weighted by atomic mass is 10.3. The summed E-state index contributed by atoms with van der Waals surface area (Å²) in [4.78, 5) is 13.0. The molecule has 0 saturated heterocycles. The standard InChI is InChI=1S/C12H16N4S/c1-8-13-5-4-10(16-8)6-14-12-15-7-11(17-12)9-2-3-9/h4-5,9,11H,2-3,6-7H2,1H3,(H,14,15).